The maximum atomic E-state index is 13.6. The van der Waals surface area contributed by atoms with Crippen molar-refractivity contribution in [2.24, 2.45) is 0 Å². The molecule has 7 nitrogen and oxygen atoms in total. The summed E-state index contributed by atoms with van der Waals surface area (Å²) in [4.78, 5) is 24.4. The Balaban J connectivity index is 1.52. The van der Waals surface area contributed by atoms with Crippen LogP contribution in [-0.4, -0.2) is 37.4 Å². The molecule has 2 aromatic carbocycles. The van der Waals surface area contributed by atoms with Crippen molar-refractivity contribution in [2.75, 3.05) is 11.4 Å². The normalized spacial score (nSPS) is 12.8. The number of hydrogen-bond acceptors (Lipinski definition) is 6. The number of hydrogen-bond donors (Lipinski definition) is 0. The van der Waals surface area contributed by atoms with Crippen molar-refractivity contribution in [3.05, 3.63) is 88.0 Å². The van der Waals surface area contributed by atoms with Crippen LogP contribution in [0.3, 0.4) is 0 Å². The lowest BCUT2D eigenvalue weighted by Crippen LogP contribution is -2.30. The van der Waals surface area contributed by atoms with Gasteiger partial charge in [-0.1, -0.05) is 46.8 Å². The van der Waals surface area contributed by atoms with Gasteiger partial charge < -0.3 is 4.90 Å². The first-order chi connectivity index (χ1) is 16.0. The van der Waals surface area contributed by atoms with E-state index in [9.17, 15) is 4.79 Å². The Labute approximate surface area is 200 Å². The number of thioether (sulfide) groups is 1. The predicted octanol–water partition coefficient (Wildman–Crippen LogP) is 4.82. The first-order valence-electron chi connectivity index (χ1n) is 10.5. The highest BCUT2D eigenvalue weighted by atomic mass is 35.5. The minimum absolute atomic E-state index is 0.155. The molecule has 0 saturated heterocycles. The van der Waals surface area contributed by atoms with E-state index in [0.29, 0.717) is 33.9 Å². The Morgan fingerprint density at radius 1 is 1.06 bits per heavy atom. The van der Waals surface area contributed by atoms with Gasteiger partial charge in [-0.05, 0) is 62.2 Å². The molecule has 0 fully saturated rings. The highest BCUT2D eigenvalue weighted by Gasteiger charge is 2.30. The number of halogens is 1. The van der Waals surface area contributed by atoms with Crippen molar-refractivity contribution >= 4 is 35.0 Å². The molecule has 0 radical (unpaired) electrons. The van der Waals surface area contributed by atoms with Crippen LogP contribution < -0.4 is 4.90 Å². The minimum atomic E-state index is -0.155. The summed E-state index contributed by atoms with van der Waals surface area (Å²) in [6.45, 7) is 4.51. The summed E-state index contributed by atoms with van der Waals surface area (Å²) in [5.74, 6) is 0.284. The number of amides is 1. The maximum Gasteiger partial charge on any atom is 0.280 e. The summed E-state index contributed by atoms with van der Waals surface area (Å²) < 4.78 is 1.70. The van der Waals surface area contributed by atoms with Crippen molar-refractivity contribution in [1.82, 2.24) is 25.0 Å². The second-order valence-corrected chi connectivity index (χ2v) is 9.21. The van der Waals surface area contributed by atoms with E-state index in [1.165, 1.54) is 11.8 Å². The zero-order valence-electron chi connectivity index (χ0n) is 18.2. The zero-order valence-corrected chi connectivity index (χ0v) is 19.8. The first-order valence-corrected chi connectivity index (χ1v) is 11.9. The number of para-hydroxylation sites is 1. The molecule has 4 aromatic rings. The number of nitrogens with zero attached hydrogens (tertiary/aromatic N) is 6. The van der Waals surface area contributed by atoms with Crippen LogP contribution in [0.5, 0.6) is 0 Å². The number of benzene rings is 2. The molecule has 2 aromatic heterocycles. The van der Waals surface area contributed by atoms with Crippen molar-refractivity contribution in [1.29, 1.82) is 0 Å². The number of carbonyl (C=O) groups excluding carboxylic acids is 1. The van der Waals surface area contributed by atoms with Gasteiger partial charge >= 0.3 is 0 Å². The molecule has 0 aliphatic carbocycles. The second-order valence-electron chi connectivity index (χ2n) is 7.83. The fraction of sp³-hybridized carbons (Fsp3) is 0.208. The quantitative estimate of drug-likeness (QED) is 0.303. The van der Waals surface area contributed by atoms with E-state index in [1.54, 1.807) is 21.7 Å². The monoisotopic (exact) mass is 476 g/mol. The van der Waals surface area contributed by atoms with E-state index < -0.39 is 0 Å². The molecule has 9 heteroatoms. The summed E-state index contributed by atoms with van der Waals surface area (Å²) in [5, 5.41) is 9.93. The third kappa shape index (κ3) is 4.36. The molecule has 166 valence electrons. The SMILES string of the molecule is Cc1cc(C)nc(SCc2c(C(=O)N3CCc4ccccc43)nnn2-c2ccc(Cl)cc2)n1. The van der Waals surface area contributed by atoms with Gasteiger partial charge in [0.25, 0.3) is 5.91 Å². The number of fused-ring (bicyclic) bond motifs is 1. The molecule has 1 amide bonds. The lowest BCUT2D eigenvalue weighted by atomic mass is 10.2. The van der Waals surface area contributed by atoms with Crippen molar-refractivity contribution in [2.45, 2.75) is 31.2 Å². The van der Waals surface area contributed by atoms with Gasteiger partial charge in [-0.15, -0.1) is 5.10 Å². The standard InChI is InChI=1S/C24H21ClN6OS/c1-15-13-16(2)27-24(26-15)33-14-21-22(28-29-31(21)19-9-7-18(25)8-10-19)23(32)30-12-11-17-5-3-4-6-20(17)30/h3-10,13H,11-12,14H2,1-2H3. The minimum Gasteiger partial charge on any atom is -0.306 e. The molecule has 33 heavy (non-hydrogen) atoms. The number of carbonyl (C=O) groups is 1. The fourth-order valence-electron chi connectivity index (χ4n) is 3.96. The first kappa shape index (κ1) is 21.6. The summed E-state index contributed by atoms with van der Waals surface area (Å²) in [5.41, 5.74) is 5.71. The van der Waals surface area contributed by atoms with Crippen molar-refractivity contribution in [3.63, 3.8) is 0 Å². The highest BCUT2D eigenvalue weighted by molar-refractivity contribution is 7.98. The average Bonchev–Trinajstić information content (AvgIpc) is 3.42. The Morgan fingerprint density at radius 3 is 2.55 bits per heavy atom. The Kier molecular flexibility index (Phi) is 5.86. The molecule has 0 atom stereocenters. The van der Waals surface area contributed by atoms with Crippen LogP contribution in [-0.2, 0) is 12.2 Å². The topological polar surface area (TPSA) is 76.8 Å². The number of rotatable bonds is 5. The highest BCUT2D eigenvalue weighted by Crippen LogP contribution is 2.31. The van der Waals surface area contributed by atoms with E-state index >= 15 is 0 Å². The van der Waals surface area contributed by atoms with Crippen LogP contribution in [0.2, 0.25) is 5.02 Å². The second kappa shape index (κ2) is 8.96. The molecule has 0 bridgehead atoms. The average molecular weight is 477 g/mol. The number of anilines is 1. The smallest absolute Gasteiger partial charge is 0.280 e. The van der Waals surface area contributed by atoms with Gasteiger partial charge in [-0.25, -0.2) is 14.6 Å². The molecule has 5 rings (SSSR count). The Bertz CT molecular complexity index is 1320. The third-order valence-corrected chi connectivity index (χ3v) is 6.58. The summed E-state index contributed by atoms with van der Waals surface area (Å²) >= 11 is 7.53. The van der Waals surface area contributed by atoms with E-state index in [1.807, 2.05) is 50.2 Å². The molecular weight excluding hydrogens is 456 g/mol. The molecule has 1 aliphatic heterocycles. The fourth-order valence-corrected chi connectivity index (χ4v) is 5.02. The van der Waals surface area contributed by atoms with Crippen LogP contribution in [0.25, 0.3) is 5.69 Å². The molecular formula is C24H21ClN6OS. The third-order valence-electron chi connectivity index (χ3n) is 5.47. The number of aryl methyl sites for hydroxylation is 2. The lowest BCUT2D eigenvalue weighted by Gasteiger charge is -2.17. The van der Waals surface area contributed by atoms with Crippen molar-refractivity contribution in [3.8, 4) is 5.69 Å². The maximum absolute atomic E-state index is 13.6. The number of aromatic nitrogens is 5. The van der Waals surface area contributed by atoms with Gasteiger partial charge in [0, 0.05) is 34.4 Å². The van der Waals surface area contributed by atoms with Crippen molar-refractivity contribution < 1.29 is 4.79 Å². The summed E-state index contributed by atoms with van der Waals surface area (Å²) in [6, 6.07) is 17.2. The van der Waals surface area contributed by atoms with Crippen LogP contribution in [0.4, 0.5) is 5.69 Å². The molecule has 0 N–H and O–H groups in total. The largest absolute Gasteiger partial charge is 0.306 e. The Morgan fingerprint density at radius 2 is 1.79 bits per heavy atom. The van der Waals surface area contributed by atoms with Gasteiger partial charge in [-0.3, -0.25) is 4.79 Å². The van der Waals surface area contributed by atoms with E-state index in [2.05, 4.69) is 26.3 Å². The van der Waals surface area contributed by atoms with E-state index in [0.717, 1.165) is 34.7 Å². The molecule has 1 aliphatic rings. The summed E-state index contributed by atoms with van der Waals surface area (Å²) in [6.07, 6.45) is 0.827. The van der Waals surface area contributed by atoms with Gasteiger partial charge in [0.15, 0.2) is 10.9 Å². The van der Waals surface area contributed by atoms with Gasteiger partial charge in [0.1, 0.15) is 0 Å². The zero-order chi connectivity index (χ0) is 22.9. The van der Waals surface area contributed by atoms with Gasteiger partial charge in [0.05, 0.1) is 11.4 Å². The Hall–Kier alpha value is -3.23. The molecule has 0 saturated carbocycles. The van der Waals surface area contributed by atoms with Crippen LogP contribution in [0.15, 0.2) is 59.8 Å². The van der Waals surface area contributed by atoms with E-state index in [4.69, 9.17) is 11.6 Å². The summed E-state index contributed by atoms with van der Waals surface area (Å²) in [7, 11) is 0. The van der Waals surface area contributed by atoms with Crippen LogP contribution in [0.1, 0.15) is 33.1 Å². The molecule has 3 heterocycles. The molecule has 0 spiro atoms. The van der Waals surface area contributed by atoms with Crippen LogP contribution >= 0.6 is 23.4 Å². The van der Waals surface area contributed by atoms with Crippen LogP contribution in [0, 0.1) is 13.8 Å². The lowest BCUT2D eigenvalue weighted by molar-refractivity contribution is 0.0984. The predicted molar refractivity (Wildman–Crippen MR) is 129 cm³/mol. The van der Waals surface area contributed by atoms with Gasteiger partial charge in [0.2, 0.25) is 0 Å². The van der Waals surface area contributed by atoms with E-state index in [-0.39, 0.29) is 5.91 Å². The van der Waals surface area contributed by atoms with Gasteiger partial charge in [-0.2, -0.15) is 0 Å². The molecule has 0 unspecified atom stereocenters.